The van der Waals surface area contributed by atoms with Gasteiger partial charge in [0.15, 0.2) is 0 Å². The fourth-order valence-electron chi connectivity index (χ4n) is 2.00. The van der Waals surface area contributed by atoms with Gasteiger partial charge >= 0.3 is 0 Å². The number of hydrazine groups is 1. The maximum atomic E-state index is 11.6. The topological polar surface area (TPSA) is 64.3 Å². The molecule has 0 saturated carbocycles. The Morgan fingerprint density at radius 3 is 2.81 bits per heavy atom. The van der Waals surface area contributed by atoms with E-state index in [1.54, 1.807) is 0 Å². The smallest absolute Gasteiger partial charge is 0.275 e. The number of amides is 1. The Morgan fingerprint density at radius 1 is 1.38 bits per heavy atom. The minimum absolute atomic E-state index is 0.281. The highest BCUT2D eigenvalue weighted by Crippen LogP contribution is 2.26. The summed E-state index contributed by atoms with van der Waals surface area (Å²) in [4.78, 5) is 12.2. The molecule has 1 aromatic heterocycles. The summed E-state index contributed by atoms with van der Waals surface area (Å²) in [7, 11) is 0. The second-order valence-corrected chi connectivity index (χ2v) is 6.13. The van der Waals surface area contributed by atoms with Gasteiger partial charge < -0.3 is 4.74 Å². The Bertz CT molecular complexity index is 635. The van der Waals surface area contributed by atoms with Crippen LogP contribution in [-0.2, 0) is 6.61 Å². The number of nitrogens with one attached hydrogen (secondary N) is 1. The molecule has 1 aromatic carbocycles. The van der Waals surface area contributed by atoms with Gasteiger partial charge in [0.2, 0.25) is 0 Å². The highest BCUT2D eigenvalue weighted by molar-refractivity contribution is 7.12. The van der Waals surface area contributed by atoms with E-state index in [2.05, 4.69) is 37.5 Å². The van der Waals surface area contributed by atoms with E-state index in [1.807, 2.05) is 18.4 Å². The SMILES string of the molecule is Cc1ccc(C(C)C)cc1OCc1ccsc1C(=O)NN. The molecular weight excluding hydrogens is 284 g/mol. The highest BCUT2D eigenvalue weighted by Gasteiger charge is 2.13. The minimum Gasteiger partial charge on any atom is -0.489 e. The number of carbonyl (C=O) groups excluding carboxylic acids is 1. The number of ether oxygens (including phenoxy) is 1. The van der Waals surface area contributed by atoms with E-state index in [1.165, 1.54) is 16.9 Å². The summed E-state index contributed by atoms with van der Waals surface area (Å²) in [6.45, 7) is 6.67. The first kappa shape index (κ1) is 15.5. The van der Waals surface area contributed by atoms with Crippen molar-refractivity contribution in [1.29, 1.82) is 0 Å². The maximum absolute atomic E-state index is 11.6. The van der Waals surface area contributed by atoms with Crippen LogP contribution in [0.15, 0.2) is 29.6 Å². The second-order valence-electron chi connectivity index (χ2n) is 5.22. The van der Waals surface area contributed by atoms with Crippen molar-refractivity contribution in [3.8, 4) is 5.75 Å². The van der Waals surface area contributed by atoms with Crippen molar-refractivity contribution in [2.45, 2.75) is 33.3 Å². The Labute approximate surface area is 128 Å². The largest absolute Gasteiger partial charge is 0.489 e. The lowest BCUT2D eigenvalue weighted by atomic mass is 10.0. The van der Waals surface area contributed by atoms with Crippen molar-refractivity contribution in [2.75, 3.05) is 0 Å². The average molecular weight is 304 g/mol. The van der Waals surface area contributed by atoms with Crippen LogP contribution in [0.4, 0.5) is 0 Å². The predicted octanol–water partition coefficient (Wildman–Crippen LogP) is 3.36. The fourth-order valence-corrected chi connectivity index (χ4v) is 2.81. The van der Waals surface area contributed by atoms with E-state index >= 15 is 0 Å². The van der Waals surface area contributed by atoms with Crippen LogP contribution in [0.1, 0.15) is 46.1 Å². The van der Waals surface area contributed by atoms with Crippen LogP contribution in [0.25, 0.3) is 0 Å². The van der Waals surface area contributed by atoms with E-state index in [-0.39, 0.29) is 5.91 Å². The third-order valence-electron chi connectivity index (χ3n) is 3.35. The molecule has 0 aliphatic carbocycles. The van der Waals surface area contributed by atoms with Gasteiger partial charge in [-0.05, 0) is 41.5 Å². The number of benzene rings is 1. The van der Waals surface area contributed by atoms with E-state index in [9.17, 15) is 4.79 Å². The van der Waals surface area contributed by atoms with Gasteiger partial charge in [-0.2, -0.15) is 0 Å². The lowest BCUT2D eigenvalue weighted by Gasteiger charge is -2.13. The van der Waals surface area contributed by atoms with Gasteiger partial charge in [0.1, 0.15) is 12.4 Å². The molecule has 0 fully saturated rings. The Hall–Kier alpha value is -1.85. The molecule has 0 aliphatic heterocycles. The van der Waals surface area contributed by atoms with Crippen LogP contribution in [-0.4, -0.2) is 5.91 Å². The highest BCUT2D eigenvalue weighted by atomic mass is 32.1. The number of nitrogens with two attached hydrogens (primary N) is 1. The van der Waals surface area contributed by atoms with Crippen LogP contribution in [0.5, 0.6) is 5.75 Å². The monoisotopic (exact) mass is 304 g/mol. The molecular formula is C16H20N2O2S. The van der Waals surface area contributed by atoms with Gasteiger partial charge in [-0.3, -0.25) is 10.2 Å². The van der Waals surface area contributed by atoms with E-state index in [0.717, 1.165) is 16.9 Å². The quantitative estimate of drug-likeness (QED) is 0.506. The number of rotatable bonds is 5. The van der Waals surface area contributed by atoms with Gasteiger partial charge in [0.25, 0.3) is 5.91 Å². The number of thiophene rings is 1. The zero-order chi connectivity index (χ0) is 15.4. The van der Waals surface area contributed by atoms with E-state index in [4.69, 9.17) is 10.6 Å². The molecule has 1 heterocycles. The fraction of sp³-hybridized carbons (Fsp3) is 0.312. The summed E-state index contributed by atoms with van der Waals surface area (Å²) in [5.41, 5.74) is 5.32. The van der Waals surface area contributed by atoms with Crippen LogP contribution in [0.3, 0.4) is 0 Å². The van der Waals surface area contributed by atoms with Crippen molar-refractivity contribution in [1.82, 2.24) is 5.43 Å². The Balaban J connectivity index is 2.15. The van der Waals surface area contributed by atoms with Crippen LogP contribution in [0, 0.1) is 6.92 Å². The molecule has 0 atom stereocenters. The lowest BCUT2D eigenvalue weighted by molar-refractivity contribution is 0.0955. The van der Waals surface area contributed by atoms with Crippen molar-refractivity contribution in [2.24, 2.45) is 5.84 Å². The number of aryl methyl sites for hydroxylation is 1. The van der Waals surface area contributed by atoms with Gasteiger partial charge in [-0.1, -0.05) is 26.0 Å². The molecule has 0 radical (unpaired) electrons. The van der Waals surface area contributed by atoms with Gasteiger partial charge in [-0.25, -0.2) is 5.84 Å². The first-order valence-corrected chi connectivity index (χ1v) is 7.71. The molecule has 5 heteroatoms. The molecule has 4 nitrogen and oxygen atoms in total. The molecule has 0 unspecified atom stereocenters. The van der Waals surface area contributed by atoms with Crippen molar-refractivity contribution < 1.29 is 9.53 Å². The average Bonchev–Trinajstić information content (AvgIpc) is 2.93. The Morgan fingerprint density at radius 2 is 2.14 bits per heavy atom. The summed E-state index contributed by atoms with van der Waals surface area (Å²) >= 11 is 1.36. The molecule has 112 valence electrons. The third-order valence-corrected chi connectivity index (χ3v) is 4.30. The van der Waals surface area contributed by atoms with Crippen LogP contribution >= 0.6 is 11.3 Å². The first-order chi connectivity index (χ1) is 10.0. The standard InChI is InChI=1S/C16H20N2O2S/c1-10(2)12-5-4-11(3)14(8-12)20-9-13-6-7-21-15(13)16(19)18-17/h4-8,10H,9,17H2,1-3H3,(H,18,19). The molecule has 0 spiro atoms. The molecule has 21 heavy (non-hydrogen) atoms. The summed E-state index contributed by atoms with van der Waals surface area (Å²) in [5, 5.41) is 1.86. The van der Waals surface area contributed by atoms with Crippen molar-refractivity contribution in [3.63, 3.8) is 0 Å². The molecule has 0 bridgehead atoms. The number of carbonyl (C=O) groups is 1. The molecule has 3 N–H and O–H groups in total. The minimum atomic E-state index is -0.281. The van der Waals surface area contributed by atoms with Crippen molar-refractivity contribution >= 4 is 17.2 Å². The first-order valence-electron chi connectivity index (χ1n) is 6.83. The van der Waals surface area contributed by atoms with Gasteiger partial charge in [0, 0.05) is 5.56 Å². The molecule has 2 aromatic rings. The summed E-state index contributed by atoms with van der Waals surface area (Å²) in [5.74, 6) is 6.21. The lowest BCUT2D eigenvalue weighted by Crippen LogP contribution is -2.30. The zero-order valence-corrected chi connectivity index (χ0v) is 13.3. The molecule has 0 aliphatic rings. The molecule has 2 rings (SSSR count). The van der Waals surface area contributed by atoms with E-state index < -0.39 is 0 Å². The zero-order valence-electron chi connectivity index (χ0n) is 12.5. The van der Waals surface area contributed by atoms with Crippen LogP contribution in [0.2, 0.25) is 0 Å². The number of hydrogen-bond donors (Lipinski definition) is 2. The van der Waals surface area contributed by atoms with Gasteiger partial charge in [0.05, 0.1) is 4.88 Å². The van der Waals surface area contributed by atoms with Gasteiger partial charge in [-0.15, -0.1) is 11.3 Å². The van der Waals surface area contributed by atoms with E-state index in [0.29, 0.717) is 17.4 Å². The normalized spacial score (nSPS) is 10.7. The summed E-state index contributed by atoms with van der Waals surface area (Å²) < 4.78 is 5.89. The third kappa shape index (κ3) is 3.62. The molecule has 0 saturated heterocycles. The van der Waals surface area contributed by atoms with Crippen LogP contribution < -0.4 is 16.0 Å². The van der Waals surface area contributed by atoms with Crippen molar-refractivity contribution in [3.05, 3.63) is 51.2 Å². The number of hydrogen-bond acceptors (Lipinski definition) is 4. The number of nitrogen functional groups attached to an aromatic ring is 1. The summed E-state index contributed by atoms with van der Waals surface area (Å²) in [6.07, 6.45) is 0. The maximum Gasteiger partial charge on any atom is 0.275 e. The molecule has 1 amide bonds. The Kier molecular flexibility index (Phi) is 4.98. The second kappa shape index (κ2) is 6.74. The summed E-state index contributed by atoms with van der Waals surface area (Å²) in [6, 6.07) is 8.13. The predicted molar refractivity (Wildman–Crippen MR) is 85.6 cm³/mol.